The van der Waals surface area contributed by atoms with Crippen molar-refractivity contribution < 1.29 is 9.90 Å². The van der Waals surface area contributed by atoms with Crippen molar-refractivity contribution in [3.63, 3.8) is 0 Å². The zero-order valence-corrected chi connectivity index (χ0v) is 12.2. The van der Waals surface area contributed by atoms with Crippen LogP contribution < -0.4 is 0 Å². The van der Waals surface area contributed by atoms with Gasteiger partial charge in [-0.3, -0.25) is 4.79 Å². The Morgan fingerprint density at radius 1 is 1.39 bits per heavy atom. The molecule has 0 unspecified atom stereocenters. The van der Waals surface area contributed by atoms with Crippen LogP contribution in [-0.4, -0.2) is 23.0 Å². The van der Waals surface area contributed by atoms with E-state index in [4.69, 9.17) is 0 Å². The molecule has 0 fully saturated rings. The number of aromatic hydroxyl groups is 1. The van der Waals surface area contributed by atoms with Crippen LogP contribution in [0, 0.1) is 0 Å². The predicted octanol–water partition coefficient (Wildman–Crippen LogP) is 3.49. The number of benzene rings is 1. The van der Waals surface area contributed by atoms with Crippen LogP contribution in [0.4, 0.5) is 0 Å². The Morgan fingerprint density at radius 2 is 2.06 bits per heavy atom. The zero-order valence-electron chi connectivity index (χ0n) is 9.76. The van der Waals surface area contributed by atoms with Crippen molar-refractivity contribution in [3.8, 4) is 5.75 Å². The smallest absolute Gasteiger partial charge is 0.253 e. The Morgan fingerprint density at radius 3 is 2.61 bits per heavy atom. The summed E-state index contributed by atoms with van der Waals surface area (Å²) >= 11 is 5.00. The molecular weight excluding hydrogens is 314 g/mol. The van der Waals surface area contributed by atoms with Gasteiger partial charge in [0, 0.05) is 19.2 Å². The van der Waals surface area contributed by atoms with Crippen LogP contribution in [0.15, 0.2) is 39.5 Å². The van der Waals surface area contributed by atoms with Gasteiger partial charge in [0.15, 0.2) is 0 Å². The fourth-order valence-electron chi connectivity index (χ4n) is 1.60. The third kappa shape index (κ3) is 3.11. The molecule has 94 valence electrons. The van der Waals surface area contributed by atoms with Gasteiger partial charge in [0.1, 0.15) is 5.75 Å². The zero-order chi connectivity index (χ0) is 13.1. The minimum atomic E-state index is -0.0580. The van der Waals surface area contributed by atoms with Crippen molar-refractivity contribution in [2.75, 3.05) is 7.05 Å². The number of amides is 1. The molecule has 18 heavy (non-hydrogen) atoms. The van der Waals surface area contributed by atoms with Gasteiger partial charge < -0.3 is 10.0 Å². The van der Waals surface area contributed by atoms with E-state index in [1.54, 1.807) is 35.4 Å². The second kappa shape index (κ2) is 5.54. The highest BCUT2D eigenvalue weighted by Crippen LogP contribution is 2.22. The first-order chi connectivity index (χ1) is 8.56. The molecule has 2 aromatic rings. The average Bonchev–Trinajstić information content (AvgIpc) is 2.75. The van der Waals surface area contributed by atoms with Crippen LogP contribution in [0.2, 0.25) is 0 Å². The fraction of sp³-hybridized carbons (Fsp3) is 0.154. The highest BCUT2D eigenvalue weighted by Gasteiger charge is 2.12. The Labute approximate surface area is 118 Å². The van der Waals surface area contributed by atoms with E-state index in [0.717, 1.165) is 9.35 Å². The number of phenols is 1. The minimum Gasteiger partial charge on any atom is -0.508 e. The summed E-state index contributed by atoms with van der Waals surface area (Å²) in [5.41, 5.74) is 1.67. The highest BCUT2D eigenvalue weighted by molar-refractivity contribution is 9.11. The van der Waals surface area contributed by atoms with Gasteiger partial charge in [-0.1, -0.05) is 0 Å². The van der Waals surface area contributed by atoms with E-state index in [-0.39, 0.29) is 11.7 Å². The van der Waals surface area contributed by atoms with Gasteiger partial charge in [-0.05, 0) is 57.2 Å². The van der Waals surface area contributed by atoms with E-state index in [0.29, 0.717) is 12.1 Å². The van der Waals surface area contributed by atoms with Crippen molar-refractivity contribution >= 4 is 33.2 Å². The molecule has 1 amide bonds. The number of thiophene rings is 1. The molecule has 0 aliphatic rings. The molecule has 0 saturated carbocycles. The second-order valence-electron chi connectivity index (χ2n) is 3.97. The Kier molecular flexibility index (Phi) is 4.04. The van der Waals surface area contributed by atoms with Crippen molar-refractivity contribution in [1.29, 1.82) is 0 Å². The van der Waals surface area contributed by atoms with E-state index >= 15 is 0 Å². The first kappa shape index (κ1) is 13.1. The number of carbonyl (C=O) groups excluding carboxylic acids is 1. The predicted molar refractivity (Wildman–Crippen MR) is 75.9 cm³/mol. The molecule has 0 atom stereocenters. The number of hydrogen-bond acceptors (Lipinski definition) is 3. The fourth-order valence-corrected chi connectivity index (χ4v) is 2.80. The number of carbonyl (C=O) groups is 1. The van der Waals surface area contributed by atoms with E-state index in [1.165, 1.54) is 12.1 Å². The molecule has 1 aromatic carbocycles. The lowest BCUT2D eigenvalue weighted by Gasteiger charge is -2.16. The SMILES string of the molecule is CN(Cc1csc(Br)c1)C(=O)c1ccc(O)cc1. The molecule has 0 saturated heterocycles. The summed E-state index contributed by atoms with van der Waals surface area (Å²) in [5, 5.41) is 11.2. The summed E-state index contributed by atoms with van der Waals surface area (Å²) in [6.07, 6.45) is 0. The van der Waals surface area contributed by atoms with Crippen LogP contribution >= 0.6 is 27.3 Å². The van der Waals surface area contributed by atoms with Crippen LogP contribution in [0.3, 0.4) is 0 Å². The molecule has 1 aromatic heterocycles. The van der Waals surface area contributed by atoms with Crippen LogP contribution in [0.25, 0.3) is 0 Å². The monoisotopic (exact) mass is 325 g/mol. The largest absolute Gasteiger partial charge is 0.508 e. The summed E-state index contributed by atoms with van der Waals surface area (Å²) in [6.45, 7) is 0.571. The maximum absolute atomic E-state index is 12.1. The van der Waals surface area contributed by atoms with Crippen molar-refractivity contribution in [3.05, 3.63) is 50.6 Å². The maximum Gasteiger partial charge on any atom is 0.253 e. The Balaban J connectivity index is 2.07. The molecule has 0 spiro atoms. The Bertz CT molecular complexity index is 550. The molecular formula is C13H12BrNO2S. The summed E-state index contributed by atoms with van der Waals surface area (Å²) in [6, 6.07) is 8.28. The van der Waals surface area contributed by atoms with Gasteiger partial charge in [-0.25, -0.2) is 0 Å². The van der Waals surface area contributed by atoms with Crippen molar-refractivity contribution in [2.24, 2.45) is 0 Å². The number of halogens is 1. The van der Waals surface area contributed by atoms with E-state index in [2.05, 4.69) is 15.9 Å². The van der Waals surface area contributed by atoms with Gasteiger partial charge in [0.25, 0.3) is 5.91 Å². The molecule has 0 bridgehead atoms. The molecule has 0 radical (unpaired) electrons. The first-order valence-electron chi connectivity index (χ1n) is 5.33. The van der Waals surface area contributed by atoms with Crippen molar-refractivity contribution in [2.45, 2.75) is 6.54 Å². The second-order valence-corrected chi connectivity index (χ2v) is 6.26. The Hall–Kier alpha value is -1.33. The number of rotatable bonds is 3. The molecule has 5 heteroatoms. The molecule has 3 nitrogen and oxygen atoms in total. The van der Waals surface area contributed by atoms with Crippen LogP contribution in [-0.2, 0) is 6.54 Å². The summed E-state index contributed by atoms with van der Waals surface area (Å²) in [7, 11) is 1.76. The van der Waals surface area contributed by atoms with E-state index in [9.17, 15) is 9.90 Å². The van der Waals surface area contributed by atoms with Gasteiger partial charge >= 0.3 is 0 Å². The normalized spacial score (nSPS) is 10.3. The summed E-state index contributed by atoms with van der Waals surface area (Å²) < 4.78 is 1.06. The van der Waals surface area contributed by atoms with Gasteiger partial charge in [0.2, 0.25) is 0 Å². The lowest BCUT2D eigenvalue weighted by atomic mass is 10.2. The van der Waals surface area contributed by atoms with Crippen LogP contribution in [0.1, 0.15) is 15.9 Å². The van der Waals surface area contributed by atoms with E-state index in [1.807, 2.05) is 11.4 Å². The van der Waals surface area contributed by atoms with Crippen molar-refractivity contribution in [1.82, 2.24) is 4.90 Å². The molecule has 1 heterocycles. The van der Waals surface area contributed by atoms with E-state index < -0.39 is 0 Å². The highest BCUT2D eigenvalue weighted by atomic mass is 79.9. The minimum absolute atomic E-state index is 0.0580. The van der Waals surface area contributed by atoms with Gasteiger partial charge in [-0.2, -0.15) is 0 Å². The average molecular weight is 326 g/mol. The molecule has 0 aliphatic heterocycles. The number of nitrogens with zero attached hydrogens (tertiary/aromatic N) is 1. The molecule has 2 rings (SSSR count). The topological polar surface area (TPSA) is 40.5 Å². The number of phenolic OH excluding ortho intramolecular Hbond substituents is 1. The third-order valence-electron chi connectivity index (χ3n) is 2.50. The summed E-state index contributed by atoms with van der Waals surface area (Å²) in [5.74, 6) is 0.105. The van der Waals surface area contributed by atoms with Gasteiger partial charge in [0.05, 0.1) is 3.79 Å². The summed E-state index contributed by atoms with van der Waals surface area (Å²) in [4.78, 5) is 13.8. The standard InChI is InChI=1S/C13H12BrNO2S/c1-15(7-9-6-12(14)18-8-9)13(17)10-2-4-11(16)5-3-10/h2-6,8,16H,7H2,1H3. The van der Waals surface area contributed by atoms with Gasteiger partial charge in [-0.15, -0.1) is 11.3 Å². The molecule has 1 N–H and O–H groups in total. The quantitative estimate of drug-likeness (QED) is 0.938. The third-order valence-corrected chi connectivity index (χ3v) is 4.06. The maximum atomic E-state index is 12.1. The lowest BCUT2D eigenvalue weighted by Crippen LogP contribution is -2.25. The van der Waals surface area contributed by atoms with Crippen LogP contribution in [0.5, 0.6) is 5.75 Å². The lowest BCUT2D eigenvalue weighted by molar-refractivity contribution is 0.0785. The first-order valence-corrected chi connectivity index (χ1v) is 7.01. The molecule has 0 aliphatic carbocycles. The number of hydrogen-bond donors (Lipinski definition) is 1.